The number of phenols is 1. The predicted octanol–water partition coefficient (Wildman–Crippen LogP) is 0.286. The quantitative estimate of drug-likeness (QED) is 0.431. The van der Waals surface area contributed by atoms with Gasteiger partial charge in [-0.15, -0.1) is 0 Å². The summed E-state index contributed by atoms with van der Waals surface area (Å²) in [5.74, 6) is 0.290. The largest absolute Gasteiger partial charge is 0.508 e. The number of fused-ring (bicyclic) bond motifs is 1. The van der Waals surface area contributed by atoms with Crippen LogP contribution in [0.2, 0.25) is 0 Å². The molecule has 32 heavy (non-hydrogen) atoms. The van der Waals surface area contributed by atoms with Crippen LogP contribution in [-0.2, 0) is 4.74 Å². The Morgan fingerprint density at radius 1 is 1.06 bits per heavy atom. The van der Waals surface area contributed by atoms with Crippen molar-refractivity contribution in [2.45, 2.75) is 43.2 Å². The van der Waals surface area contributed by atoms with Crippen molar-refractivity contribution >= 4 is 5.78 Å². The predicted molar refractivity (Wildman–Crippen MR) is 108 cm³/mol. The topological polar surface area (TPSA) is 155 Å². The molecule has 172 valence electrons. The Kier molecular flexibility index (Phi) is 6.22. The van der Waals surface area contributed by atoms with Crippen molar-refractivity contribution in [3.05, 3.63) is 47.5 Å². The molecule has 0 aliphatic carbocycles. The Balaban J connectivity index is 1.65. The maximum absolute atomic E-state index is 13.0. The number of ether oxygens (including phenoxy) is 4. The smallest absolute Gasteiger partial charge is 0.229 e. The van der Waals surface area contributed by atoms with Gasteiger partial charge >= 0.3 is 0 Å². The molecule has 2 heterocycles. The van der Waals surface area contributed by atoms with E-state index in [9.17, 15) is 30.3 Å². The first-order valence-corrected chi connectivity index (χ1v) is 10.0. The van der Waals surface area contributed by atoms with Gasteiger partial charge in [0.05, 0.1) is 20.1 Å². The summed E-state index contributed by atoms with van der Waals surface area (Å²) in [6.07, 6.45) is -8.03. The number of aliphatic hydroxyl groups is 4. The van der Waals surface area contributed by atoms with Crippen molar-refractivity contribution in [1.82, 2.24) is 0 Å². The number of carbonyl (C=O) groups is 1. The lowest BCUT2D eigenvalue weighted by atomic mass is 9.95. The number of hydrogen-bond acceptors (Lipinski definition) is 10. The monoisotopic (exact) mass is 448 g/mol. The number of ketones is 1. The van der Waals surface area contributed by atoms with E-state index in [0.717, 1.165) is 0 Å². The van der Waals surface area contributed by atoms with Gasteiger partial charge in [-0.3, -0.25) is 4.79 Å². The molecule has 0 bridgehead atoms. The molecule has 1 fully saturated rings. The summed E-state index contributed by atoms with van der Waals surface area (Å²) in [5, 5.41) is 49.1. The third-order valence-electron chi connectivity index (χ3n) is 5.55. The molecule has 2 aromatic carbocycles. The Bertz CT molecular complexity index is 973. The van der Waals surface area contributed by atoms with Crippen molar-refractivity contribution in [1.29, 1.82) is 0 Å². The van der Waals surface area contributed by atoms with Gasteiger partial charge in [0.25, 0.3) is 0 Å². The number of Topliss-reactive ketones (excluding diaryl/α,β-unsaturated/α-hetero) is 1. The molecule has 5 N–H and O–H groups in total. The van der Waals surface area contributed by atoms with E-state index in [1.165, 1.54) is 31.4 Å². The highest BCUT2D eigenvalue weighted by molar-refractivity contribution is 6.02. The van der Waals surface area contributed by atoms with Gasteiger partial charge in [0.15, 0.2) is 5.78 Å². The number of carbonyl (C=O) groups excluding carboxylic acids is 1. The van der Waals surface area contributed by atoms with E-state index in [2.05, 4.69) is 0 Å². The molecule has 1 unspecified atom stereocenters. The molecule has 10 heteroatoms. The molecule has 0 amide bonds. The van der Waals surface area contributed by atoms with Crippen molar-refractivity contribution in [2.24, 2.45) is 0 Å². The Labute approximate surface area is 183 Å². The lowest BCUT2D eigenvalue weighted by Crippen LogP contribution is -2.60. The second-order valence-electron chi connectivity index (χ2n) is 7.64. The fourth-order valence-corrected chi connectivity index (χ4v) is 3.77. The summed E-state index contributed by atoms with van der Waals surface area (Å²) in [4.78, 5) is 13.0. The van der Waals surface area contributed by atoms with E-state index >= 15 is 0 Å². The van der Waals surface area contributed by atoms with E-state index in [1.54, 1.807) is 12.1 Å². The molecular formula is C22H24O10. The number of aliphatic hydroxyl groups excluding tert-OH is 4. The molecule has 0 spiro atoms. The molecule has 0 aromatic heterocycles. The van der Waals surface area contributed by atoms with Gasteiger partial charge in [-0.1, -0.05) is 12.1 Å². The molecule has 0 saturated carbocycles. The van der Waals surface area contributed by atoms with Gasteiger partial charge in [-0.25, -0.2) is 0 Å². The highest BCUT2D eigenvalue weighted by Crippen LogP contribution is 2.43. The van der Waals surface area contributed by atoms with E-state index in [0.29, 0.717) is 11.3 Å². The number of methoxy groups -OCH3 is 1. The summed E-state index contributed by atoms with van der Waals surface area (Å²) in [7, 11) is 1.42. The van der Waals surface area contributed by atoms with Crippen LogP contribution in [0.4, 0.5) is 0 Å². The van der Waals surface area contributed by atoms with Crippen molar-refractivity contribution in [3.63, 3.8) is 0 Å². The maximum atomic E-state index is 13.0. The van der Waals surface area contributed by atoms with Crippen LogP contribution in [0.25, 0.3) is 0 Å². The minimum Gasteiger partial charge on any atom is -0.508 e. The number of rotatable bonds is 5. The Morgan fingerprint density at radius 3 is 2.44 bits per heavy atom. The molecule has 6 atom stereocenters. The molecular weight excluding hydrogens is 424 g/mol. The van der Waals surface area contributed by atoms with Crippen LogP contribution in [0.1, 0.15) is 28.4 Å². The van der Waals surface area contributed by atoms with Crippen LogP contribution >= 0.6 is 0 Å². The van der Waals surface area contributed by atoms with Crippen LogP contribution in [0, 0.1) is 0 Å². The van der Waals surface area contributed by atoms with E-state index < -0.39 is 43.4 Å². The average Bonchev–Trinajstić information content (AvgIpc) is 2.79. The maximum Gasteiger partial charge on any atom is 0.229 e. The molecule has 2 aliphatic rings. The first kappa shape index (κ1) is 22.3. The second kappa shape index (κ2) is 8.93. The standard InChI is InChI=1S/C22H24O10/c1-29-12-6-15-18(13(25)8-14(30-15)10-2-4-11(24)5-3-10)16(7-12)31-22-21(28)20(27)19(26)17(9-23)32-22/h2-7,14,17,19-24,26-28H,8-9H2,1H3/t14?,17-,19-,20+,21-,22-/m1/s1. The minimum absolute atomic E-state index is 0.00200. The Hall–Kier alpha value is -2.89. The lowest BCUT2D eigenvalue weighted by Gasteiger charge is -2.40. The summed E-state index contributed by atoms with van der Waals surface area (Å²) in [5.41, 5.74) is 0.804. The summed E-state index contributed by atoms with van der Waals surface area (Å²) < 4.78 is 22.4. The van der Waals surface area contributed by atoms with Crippen LogP contribution in [0.3, 0.4) is 0 Å². The van der Waals surface area contributed by atoms with E-state index in [-0.39, 0.29) is 35.0 Å². The fraction of sp³-hybridized carbons (Fsp3) is 0.409. The van der Waals surface area contributed by atoms with E-state index in [4.69, 9.17) is 18.9 Å². The molecule has 0 radical (unpaired) electrons. The van der Waals surface area contributed by atoms with Gasteiger partial charge in [0.2, 0.25) is 6.29 Å². The van der Waals surface area contributed by atoms with Crippen molar-refractivity contribution in [3.8, 4) is 23.0 Å². The molecule has 10 nitrogen and oxygen atoms in total. The zero-order chi connectivity index (χ0) is 23.0. The first-order chi connectivity index (χ1) is 15.3. The van der Waals surface area contributed by atoms with Gasteiger partial charge in [0.1, 0.15) is 59.1 Å². The minimum atomic E-state index is -1.64. The van der Waals surface area contributed by atoms with Crippen LogP contribution < -0.4 is 14.2 Å². The Morgan fingerprint density at radius 2 is 1.78 bits per heavy atom. The fourth-order valence-electron chi connectivity index (χ4n) is 3.77. The number of hydrogen-bond donors (Lipinski definition) is 5. The second-order valence-corrected chi connectivity index (χ2v) is 7.64. The summed E-state index contributed by atoms with van der Waals surface area (Å²) in [6, 6.07) is 9.26. The molecule has 1 saturated heterocycles. The highest BCUT2D eigenvalue weighted by Gasteiger charge is 2.45. The van der Waals surface area contributed by atoms with Crippen LogP contribution in [0.5, 0.6) is 23.0 Å². The zero-order valence-electron chi connectivity index (χ0n) is 17.1. The van der Waals surface area contributed by atoms with E-state index in [1.807, 2.05) is 0 Å². The SMILES string of the molecule is COc1cc2c(c(O[C@@H]3O[C@H](CO)[C@@H](O)[C@H](O)[C@H]3O)c1)C(=O)CC(c1ccc(O)cc1)O2. The third kappa shape index (κ3) is 4.10. The summed E-state index contributed by atoms with van der Waals surface area (Å²) >= 11 is 0. The van der Waals surface area contributed by atoms with Crippen molar-refractivity contribution in [2.75, 3.05) is 13.7 Å². The van der Waals surface area contributed by atoms with Gasteiger partial charge in [-0.05, 0) is 17.7 Å². The number of aromatic hydroxyl groups is 1. The lowest BCUT2D eigenvalue weighted by molar-refractivity contribution is -0.277. The number of phenolic OH excluding ortho intramolecular Hbond substituents is 1. The van der Waals surface area contributed by atoms with Crippen molar-refractivity contribution < 1.29 is 49.3 Å². The van der Waals surface area contributed by atoms with Gasteiger partial charge in [0, 0.05) is 12.1 Å². The summed E-state index contributed by atoms with van der Waals surface area (Å²) in [6.45, 7) is -0.614. The third-order valence-corrected chi connectivity index (χ3v) is 5.55. The van der Waals surface area contributed by atoms with Crippen LogP contribution in [0.15, 0.2) is 36.4 Å². The molecule has 2 aliphatic heterocycles. The number of benzene rings is 2. The normalized spacial score (nSPS) is 29.7. The van der Waals surface area contributed by atoms with Gasteiger partial charge < -0.3 is 44.5 Å². The zero-order valence-corrected chi connectivity index (χ0v) is 17.1. The molecule has 2 aromatic rings. The highest BCUT2D eigenvalue weighted by atomic mass is 16.7. The average molecular weight is 448 g/mol. The van der Waals surface area contributed by atoms with Crippen LogP contribution in [-0.4, -0.2) is 75.7 Å². The first-order valence-electron chi connectivity index (χ1n) is 10.0. The molecule has 4 rings (SSSR count). The van der Waals surface area contributed by atoms with Gasteiger partial charge in [-0.2, -0.15) is 0 Å².